The van der Waals surface area contributed by atoms with Crippen molar-refractivity contribution in [1.82, 2.24) is 0 Å². The van der Waals surface area contributed by atoms with Gasteiger partial charge in [-0.3, -0.25) is 4.99 Å². The van der Waals surface area contributed by atoms with E-state index in [-0.39, 0.29) is 5.54 Å². The van der Waals surface area contributed by atoms with E-state index in [1.807, 2.05) is 6.21 Å². The van der Waals surface area contributed by atoms with Gasteiger partial charge in [0.05, 0.1) is 5.54 Å². The fourth-order valence-corrected chi connectivity index (χ4v) is 2.18. The highest BCUT2D eigenvalue weighted by atomic mass is 79.9. The summed E-state index contributed by atoms with van der Waals surface area (Å²) >= 11 is 3.48. The molecule has 1 nitrogen and oxygen atoms in total. The lowest BCUT2D eigenvalue weighted by Crippen LogP contribution is -2.20. The summed E-state index contributed by atoms with van der Waals surface area (Å²) in [6.45, 7) is 4.30. The number of hydrogen-bond acceptors (Lipinski definition) is 1. The lowest BCUT2D eigenvalue weighted by atomic mass is 9.87. The first kappa shape index (κ1) is 8.95. The van der Waals surface area contributed by atoms with Gasteiger partial charge in [-0.1, -0.05) is 22.0 Å². The van der Waals surface area contributed by atoms with Crippen molar-refractivity contribution in [2.75, 3.05) is 0 Å². The average Bonchev–Trinajstić information content (AvgIpc) is 2.02. The van der Waals surface area contributed by atoms with Crippen molar-refractivity contribution in [1.29, 1.82) is 0 Å². The molecule has 0 atom stereocenters. The van der Waals surface area contributed by atoms with E-state index < -0.39 is 0 Å². The third-order valence-corrected chi connectivity index (χ3v) is 2.94. The number of aliphatic imine (C=N–C) groups is 1. The molecule has 1 heterocycles. The Balaban J connectivity index is 2.58. The molecule has 0 radical (unpaired) electrons. The molecular weight excluding hydrogens is 226 g/mol. The summed E-state index contributed by atoms with van der Waals surface area (Å²) in [5.41, 5.74) is 2.68. The van der Waals surface area contributed by atoms with E-state index in [0.717, 1.165) is 10.9 Å². The zero-order chi connectivity index (χ0) is 9.47. The zero-order valence-electron chi connectivity index (χ0n) is 7.84. The maximum absolute atomic E-state index is 4.49. The van der Waals surface area contributed by atoms with E-state index in [2.05, 4.69) is 53.0 Å². The van der Waals surface area contributed by atoms with Crippen LogP contribution < -0.4 is 0 Å². The van der Waals surface area contributed by atoms with Crippen molar-refractivity contribution in [2.45, 2.75) is 25.8 Å². The molecule has 0 saturated heterocycles. The van der Waals surface area contributed by atoms with Crippen molar-refractivity contribution in [3.8, 4) is 0 Å². The largest absolute Gasteiger partial charge is 0.286 e. The molecule has 0 N–H and O–H groups in total. The maximum Gasteiger partial charge on any atom is 0.0799 e. The predicted octanol–water partition coefficient (Wildman–Crippen LogP) is 3.31. The van der Waals surface area contributed by atoms with Crippen LogP contribution in [0, 0.1) is 0 Å². The monoisotopic (exact) mass is 237 g/mol. The molecule has 1 aliphatic heterocycles. The minimum absolute atomic E-state index is 0.0473. The summed E-state index contributed by atoms with van der Waals surface area (Å²) in [6.07, 6.45) is 2.97. The third kappa shape index (κ3) is 1.55. The first-order chi connectivity index (χ1) is 6.09. The highest BCUT2D eigenvalue weighted by Gasteiger charge is 2.24. The molecule has 0 spiro atoms. The van der Waals surface area contributed by atoms with Gasteiger partial charge < -0.3 is 0 Å². The smallest absolute Gasteiger partial charge is 0.0799 e. The van der Waals surface area contributed by atoms with Crippen LogP contribution in [-0.2, 0) is 12.0 Å². The molecule has 0 unspecified atom stereocenters. The molecule has 0 saturated carbocycles. The van der Waals surface area contributed by atoms with Gasteiger partial charge in [0, 0.05) is 17.1 Å². The summed E-state index contributed by atoms with van der Waals surface area (Å²) in [5, 5.41) is 0. The molecule has 2 rings (SSSR count). The molecule has 0 fully saturated rings. The molecule has 0 aliphatic carbocycles. The number of rotatable bonds is 0. The quantitative estimate of drug-likeness (QED) is 0.657. The van der Waals surface area contributed by atoms with Gasteiger partial charge >= 0.3 is 0 Å². The molecular formula is C11H12BrN. The van der Waals surface area contributed by atoms with Crippen LogP contribution in [0.5, 0.6) is 0 Å². The Bertz CT molecular complexity index is 366. The molecule has 1 aromatic carbocycles. The van der Waals surface area contributed by atoms with Gasteiger partial charge in [-0.25, -0.2) is 0 Å². The molecule has 1 aliphatic rings. The molecule has 2 heteroatoms. The van der Waals surface area contributed by atoms with Crippen LogP contribution in [-0.4, -0.2) is 6.21 Å². The minimum atomic E-state index is -0.0473. The van der Waals surface area contributed by atoms with Gasteiger partial charge in [0.2, 0.25) is 0 Å². The second-order valence-corrected chi connectivity index (χ2v) is 4.79. The molecule has 1 aromatic rings. The number of halogens is 1. The van der Waals surface area contributed by atoms with Crippen LogP contribution >= 0.6 is 15.9 Å². The average molecular weight is 238 g/mol. The number of benzene rings is 1. The molecule has 13 heavy (non-hydrogen) atoms. The van der Waals surface area contributed by atoms with E-state index in [1.54, 1.807) is 0 Å². The van der Waals surface area contributed by atoms with Crippen molar-refractivity contribution >= 4 is 22.1 Å². The topological polar surface area (TPSA) is 12.4 Å². The van der Waals surface area contributed by atoms with Crippen molar-refractivity contribution < 1.29 is 0 Å². The van der Waals surface area contributed by atoms with Crippen LogP contribution in [0.3, 0.4) is 0 Å². The summed E-state index contributed by atoms with van der Waals surface area (Å²) in [6, 6.07) is 6.43. The van der Waals surface area contributed by atoms with Gasteiger partial charge in [0.25, 0.3) is 0 Å². The van der Waals surface area contributed by atoms with Crippen LogP contribution in [0.4, 0.5) is 0 Å². The Morgan fingerprint density at radius 1 is 1.38 bits per heavy atom. The Morgan fingerprint density at radius 3 is 2.92 bits per heavy atom. The Morgan fingerprint density at radius 2 is 2.15 bits per heavy atom. The number of fused-ring (bicyclic) bond motifs is 1. The summed E-state index contributed by atoms with van der Waals surface area (Å²) < 4.78 is 1.15. The highest BCUT2D eigenvalue weighted by Crippen LogP contribution is 2.32. The van der Waals surface area contributed by atoms with Gasteiger partial charge in [0.1, 0.15) is 0 Å². The number of hydrogen-bond donors (Lipinski definition) is 0. The normalized spacial score (nSPS) is 18.4. The first-order valence-electron chi connectivity index (χ1n) is 4.42. The lowest BCUT2D eigenvalue weighted by Gasteiger charge is -2.26. The minimum Gasteiger partial charge on any atom is -0.286 e. The molecule has 0 bridgehead atoms. The maximum atomic E-state index is 4.49. The second kappa shape index (κ2) is 2.95. The Kier molecular flexibility index (Phi) is 2.03. The van der Waals surface area contributed by atoms with E-state index in [4.69, 9.17) is 0 Å². The van der Waals surface area contributed by atoms with Crippen molar-refractivity contribution in [2.24, 2.45) is 4.99 Å². The van der Waals surface area contributed by atoms with Crippen LogP contribution in [0.2, 0.25) is 0 Å². The summed E-state index contributed by atoms with van der Waals surface area (Å²) in [7, 11) is 0. The summed E-state index contributed by atoms with van der Waals surface area (Å²) in [5.74, 6) is 0. The standard InChI is InChI=1S/C11H12BrN/c1-11(2)10-4-3-9(12)7-8(10)5-6-13-11/h3-4,6-7H,5H2,1-2H3. The second-order valence-electron chi connectivity index (χ2n) is 3.88. The molecule has 0 aromatic heterocycles. The highest BCUT2D eigenvalue weighted by molar-refractivity contribution is 9.10. The fourth-order valence-electron chi connectivity index (χ4n) is 1.77. The molecule has 0 amide bonds. The summed E-state index contributed by atoms with van der Waals surface area (Å²) in [4.78, 5) is 4.49. The van der Waals surface area contributed by atoms with Gasteiger partial charge in [-0.05, 0) is 37.1 Å². The first-order valence-corrected chi connectivity index (χ1v) is 5.21. The predicted molar refractivity (Wildman–Crippen MR) is 59.4 cm³/mol. The SMILES string of the molecule is CC1(C)N=CCc2cc(Br)ccc21. The van der Waals surface area contributed by atoms with E-state index in [9.17, 15) is 0 Å². The van der Waals surface area contributed by atoms with E-state index in [1.165, 1.54) is 11.1 Å². The Labute approximate surface area is 87.0 Å². The van der Waals surface area contributed by atoms with Crippen LogP contribution in [0.1, 0.15) is 25.0 Å². The third-order valence-electron chi connectivity index (χ3n) is 2.45. The van der Waals surface area contributed by atoms with Gasteiger partial charge in [-0.2, -0.15) is 0 Å². The van der Waals surface area contributed by atoms with Crippen molar-refractivity contribution in [3.63, 3.8) is 0 Å². The van der Waals surface area contributed by atoms with Gasteiger partial charge in [0.15, 0.2) is 0 Å². The van der Waals surface area contributed by atoms with E-state index >= 15 is 0 Å². The molecule has 68 valence electrons. The van der Waals surface area contributed by atoms with Crippen LogP contribution in [0.25, 0.3) is 0 Å². The zero-order valence-corrected chi connectivity index (χ0v) is 9.43. The van der Waals surface area contributed by atoms with Gasteiger partial charge in [-0.15, -0.1) is 0 Å². The van der Waals surface area contributed by atoms with E-state index in [0.29, 0.717) is 0 Å². The Hall–Kier alpha value is -0.630. The lowest BCUT2D eigenvalue weighted by molar-refractivity contribution is 0.547. The fraction of sp³-hybridized carbons (Fsp3) is 0.364. The van der Waals surface area contributed by atoms with Crippen molar-refractivity contribution in [3.05, 3.63) is 33.8 Å². The number of nitrogens with zero attached hydrogens (tertiary/aromatic N) is 1. The van der Waals surface area contributed by atoms with Crippen LogP contribution in [0.15, 0.2) is 27.7 Å².